The van der Waals surface area contributed by atoms with E-state index in [2.05, 4.69) is 184 Å². The summed E-state index contributed by atoms with van der Waals surface area (Å²) >= 11 is 0. The van der Waals surface area contributed by atoms with Crippen molar-refractivity contribution in [1.29, 1.82) is 0 Å². The lowest BCUT2D eigenvalue weighted by Crippen LogP contribution is -2.44. The van der Waals surface area contributed by atoms with Crippen LogP contribution in [-0.4, -0.2) is 0 Å². The van der Waals surface area contributed by atoms with E-state index in [0.29, 0.717) is 0 Å². The molecule has 10 rings (SSSR count). The number of hydrogen-bond donors (Lipinski definition) is 0. The van der Waals surface area contributed by atoms with E-state index >= 15 is 0 Å². The van der Waals surface area contributed by atoms with E-state index in [0.717, 1.165) is 6.42 Å². The molecule has 0 fully saturated rings. The van der Waals surface area contributed by atoms with Crippen LogP contribution in [0.1, 0.15) is 62.4 Å². The minimum Gasteiger partial charge on any atom is -0.158 e. The standard InChI is InChI=1S/C48H40N2/c1-47(2,3)34-22-24-49-43(27-34)37-25-32(30-13-7-6-8-14-30)18-19-33(37)26-44(49)46-40-29-41-38(28-39(40)42-17-11-12-23-50(42)46)36-21-20-31-15-9-10-16-35(31)45(36)48(41,4)5/h6-25,27-29H,26H2,1-5H3/q+2/b46-44+. The van der Waals surface area contributed by atoms with Gasteiger partial charge in [-0.25, -0.2) is 0 Å². The minimum absolute atomic E-state index is 0.0319. The Balaban J connectivity index is 1.24. The van der Waals surface area contributed by atoms with Gasteiger partial charge in [-0.05, 0) is 85.0 Å². The van der Waals surface area contributed by atoms with Crippen LogP contribution in [0.5, 0.6) is 0 Å². The van der Waals surface area contributed by atoms with Crippen molar-refractivity contribution in [3.05, 3.63) is 168 Å². The molecule has 0 unspecified atom stereocenters. The van der Waals surface area contributed by atoms with Gasteiger partial charge in [0.25, 0.3) is 11.4 Å². The van der Waals surface area contributed by atoms with Crippen LogP contribution in [0, 0.1) is 0 Å². The number of allylic oxidation sites excluding steroid dienone is 1. The second-order valence-electron chi connectivity index (χ2n) is 15.9. The van der Waals surface area contributed by atoms with Crippen LogP contribution < -0.4 is 9.13 Å². The van der Waals surface area contributed by atoms with Crippen molar-refractivity contribution in [3.63, 3.8) is 0 Å². The van der Waals surface area contributed by atoms with E-state index in [1.165, 1.54) is 94.8 Å². The van der Waals surface area contributed by atoms with Crippen molar-refractivity contribution < 1.29 is 9.13 Å². The average Bonchev–Trinajstić information content (AvgIpc) is 3.57. The Morgan fingerprint density at radius 2 is 1.36 bits per heavy atom. The van der Waals surface area contributed by atoms with Crippen molar-refractivity contribution in [2.45, 2.75) is 51.9 Å². The Morgan fingerprint density at radius 1 is 0.560 bits per heavy atom. The molecule has 0 radical (unpaired) electrons. The summed E-state index contributed by atoms with van der Waals surface area (Å²) in [5, 5.41) is 2.67. The molecule has 2 nitrogen and oxygen atoms in total. The van der Waals surface area contributed by atoms with Gasteiger partial charge in [0, 0.05) is 29.7 Å². The number of benzene rings is 5. The summed E-state index contributed by atoms with van der Waals surface area (Å²) in [5.41, 5.74) is 19.7. The van der Waals surface area contributed by atoms with Crippen LogP contribution in [0.15, 0.2) is 140 Å². The quantitative estimate of drug-likeness (QED) is 0.157. The van der Waals surface area contributed by atoms with Gasteiger partial charge in [-0.2, -0.15) is 9.13 Å². The van der Waals surface area contributed by atoms with E-state index in [9.17, 15) is 0 Å². The van der Waals surface area contributed by atoms with E-state index in [1.807, 2.05) is 0 Å². The molecule has 0 saturated carbocycles. The number of nitrogens with zero attached hydrogens (tertiary/aromatic N) is 2. The molecule has 50 heavy (non-hydrogen) atoms. The van der Waals surface area contributed by atoms with Crippen molar-refractivity contribution >= 4 is 22.2 Å². The molecule has 2 heteroatoms. The van der Waals surface area contributed by atoms with Crippen LogP contribution in [0.3, 0.4) is 0 Å². The first kappa shape index (κ1) is 29.3. The normalized spacial score (nSPS) is 16.3. The summed E-state index contributed by atoms with van der Waals surface area (Å²) in [7, 11) is 0. The van der Waals surface area contributed by atoms with Gasteiger partial charge in [-0.3, -0.25) is 0 Å². The summed E-state index contributed by atoms with van der Waals surface area (Å²) in [6.07, 6.45) is 5.43. The van der Waals surface area contributed by atoms with Gasteiger partial charge in [0.15, 0.2) is 12.4 Å². The monoisotopic (exact) mass is 644 g/mol. The Kier molecular flexibility index (Phi) is 5.99. The van der Waals surface area contributed by atoms with Gasteiger partial charge < -0.3 is 0 Å². The molecular formula is C48H40N2+2. The fourth-order valence-corrected chi connectivity index (χ4v) is 8.99. The van der Waals surface area contributed by atoms with Gasteiger partial charge in [-0.1, -0.05) is 113 Å². The number of pyridine rings is 2. The fraction of sp³-hybridized carbons (Fsp3) is 0.167. The second-order valence-corrected chi connectivity index (χ2v) is 15.9. The Labute approximate surface area is 294 Å². The Morgan fingerprint density at radius 3 is 2.20 bits per heavy atom. The van der Waals surface area contributed by atoms with E-state index in [-0.39, 0.29) is 10.8 Å². The van der Waals surface area contributed by atoms with Crippen molar-refractivity contribution in [2.24, 2.45) is 0 Å². The van der Waals surface area contributed by atoms with Gasteiger partial charge >= 0.3 is 0 Å². The van der Waals surface area contributed by atoms with Crippen LogP contribution in [-0.2, 0) is 17.3 Å². The molecule has 7 aromatic rings. The zero-order valence-electron chi connectivity index (χ0n) is 29.4. The van der Waals surface area contributed by atoms with Crippen LogP contribution >= 0.6 is 0 Å². The Bertz CT molecular complexity index is 2610. The molecule has 1 aliphatic carbocycles. The highest BCUT2D eigenvalue weighted by Gasteiger charge is 2.45. The molecule has 2 aromatic heterocycles. The predicted octanol–water partition coefficient (Wildman–Crippen LogP) is 10.8. The third kappa shape index (κ3) is 4.08. The van der Waals surface area contributed by atoms with E-state index in [4.69, 9.17) is 0 Å². The van der Waals surface area contributed by atoms with E-state index < -0.39 is 0 Å². The zero-order chi connectivity index (χ0) is 33.9. The maximum atomic E-state index is 2.53. The molecule has 0 amide bonds. The molecule has 0 atom stereocenters. The van der Waals surface area contributed by atoms with Gasteiger partial charge in [0.2, 0.25) is 11.4 Å². The smallest absolute Gasteiger partial charge is 0.158 e. The highest BCUT2D eigenvalue weighted by molar-refractivity contribution is 6.00. The number of fused-ring (bicyclic) bond motifs is 11. The molecular weight excluding hydrogens is 605 g/mol. The second kappa shape index (κ2) is 10.2. The third-order valence-corrected chi connectivity index (χ3v) is 11.5. The number of rotatable bonds is 1. The molecule has 240 valence electrons. The van der Waals surface area contributed by atoms with Gasteiger partial charge in [0.05, 0.1) is 23.1 Å². The summed E-state index contributed by atoms with van der Waals surface area (Å²) in [5.74, 6) is 0. The summed E-state index contributed by atoms with van der Waals surface area (Å²) in [6, 6.07) is 47.8. The van der Waals surface area contributed by atoms with Crippen molar-refractivity contribution in [2.75, 3.05) is 0 Å². The predicted molar refractivity (Wildman–Crippen MR) is 206 cm³/mol. The third-order valence-electron chi connectivity index (χ3n) is 11.5. The summed E-state index contributed by atoms with van der Waals surface area (Å²) < 4.78 is 4.93. The van der Waals surface area contributed by atoms with Gasteiger partial charge in [-0.15, -0.1) is 0 Å². The topological polar surface area (TPSA) is 7.76 Å². The zero-order valence-corrected chi connectivity index (χ0v) is 29.4. The lowest BCUT2D eigenvalue weighted by molar-refractivity contribution is -0.597. The average molecular weight is 645 g/mol. The highest BCUT2D eigenvalue weighted by Crippen LogP contribution is 2.54. The lowest BCUT2D eigenvalue weighted by Gasteiger charge is -2.24. The summed E-state index contributed by atoms with van der Waals surface area (Å²) in [6.45, 7) is 11.8. The number of hydrogen-bond acceptors (Lipinski definition) is 0. The first-order valence-electron chi connectivity index (χ1n) is 17.9. The molecule has 5 aromatic carbocycles. The van der Waals surface area contributed by atoms with Crippen LogP contribution in [0.25, 0.3) is 66.9 Å². The first-order chi connectivity index (χ1) is 24.2. The lowest BCUT2D eigenvalue weighted by atomic mass is 9.79. The van der Waals surface area contributed by atoms with E-state index in [1.54, 1.807) is 0 Å². The SMILES string of the molecule is CC(C)(C)c1cc[n+]2c(c1)-c1cc(-c3ccccc3)ccc1C/C2=C1/c2cc3c(cc2-c2cccc[n+]21)-c1ccc2ccccc2c1C3(C)C. The fourth-order valence-electron chi connectivity index (χ4n) is 8.99. The molecule has 0 spiro atoms. The maximum Gasteiger partial charge on any atom is 0.287 e. The van der Waals surface area contributed by atoms with Crippen LogP contribution in [0.4, 0.5) is 0 Å². The van der Waals surface area contributed by atoms with Crippen molar-refractivity contribution in [1.82, 2.24) is 0 Å². The Hall–Kier alpha value is -5.60. The molecule has 0 bridgehead atoms. The maximum absolute atomic E-state index is 2.53. The van der Waals surface area contributed by atoms with Crippen molar-refractivity contribution in [3.8, 4) is 44.8 Å². The highest BCUT2D eigenvalue weighted by atomic mass is 15.1. The first-order valence-corrected chi connectivity index (χ1v) is 17.9. The largest absolute Gasteiger partial charge is 0.287 e. The molecule has 3 aliphatic rings. The molecule has 0 N–H and O–H groups in total. The molecule has 2 aliphatic heterocycles. The summed E-state index contributed by atoms with van der Waals surface area (Å²) in [4.78, 5) is 0. The number of aromatic nitrogens is 2. The molecule has 0 saturated heterocycles. The minimum atomic E-state index is -0.130. The molecule has 4 heterocycles. The van der Waals surface area contributed by atoms with Crippen LogP contribution in [0.2, 0.25) is 0 Å². The van der Waals surface area contributed by atoms with Gasteiger partial charge in [0.1, 0.15) is 0 Å².